The maximum Gasteiger partial charge on any atom is 0.210 e. The first-order chi connectivity index (χ1) is 5.90. The van der Waals surface area contributed by atoms with Crippen LogP contribution in [0.25, 0.3) is 5.13 Å². The predicted octanol–water partition coefficient (Wildman–Crippen LogP) is 0.787. The Morgan fingerprint density at radius 1 is 1.58 bits per heavy atom. The van der Waals surface area contributed by atoms with Crippen molar-refractivity contribution in [1.29, 1.82) is 0 Å². The number of hydrogen-bond acceptors (Lipinski definition) is 4. The molecular weight excluding hydrogens is 172 g/mol. The minimum Gasteiger partial charge on any atom is -0.326 e. The molecule has 2 heterocycles. The van der Waals surface area contributed by atoms with E-state index in [0.29, 0.717) is 6.54 Å². The van der Waals surface area contributed by atoms with E-state index in [2.05, 4.69) is 10.1 Å². The first-order valence-electron chi connectivity index (χ1n) is 3.53. The summed E-state index contributed by atoms with van der Waals surface area (Å²) in [6, 6.07) is 0. The minimum atomic E-state index is 0.519. The van der Waals surface area contributed by atoms with E-state index in [1.807, 2.05) is 11.6 Å². The van der Waals surface area contributed by atoms with Crippen molar-refractivity contribution in [3.63, 3.8) is 0 Å². The van der Waals surface area contributed by atoms with Crippen molar-refractivity contribution in [2.75, 3.05) is 0 Å². The summed E-state index contributed by atoms with van der Waals surface area (Å²) in [7, 11) is 0. The van der Waals surface area contributed by atoms with Crippen LogP contribution in [0.5, 0.6) is 0 Å². The molecule has 5 heteroatoms. The lowest BCUT2D eigenvalue weighted by Gasteiger charge is -1.91. The summed E-state index contributed by atoms with van der Waals surface area (Å²) in [4.78, 5) is 4.11. The molecule has 0 saturated heterocycles. The largest absolute Gasteiger partial charge is 0.326 e. The van der Waals surface area contributed by atoms with Crippen molar-refractivity contribution in [2.24, 2.45) is 5.73 Å². The quantitative estimate of drug-likeness (QED) is 0.743. The fourth-order valence-electron chi connectivity index (χ4n) is 0.899. The zero-order valence-electron chi connectivity index (χ0n) is 6.34. The number of thiazole rings is 1. The summed E-state index contributed by atoms with van der Waals surface area (Å²) >= 11 is 1.55. The number of hydrogen-bond donors (Lipinski definition) is 1. The Morgan fingerprint density at radius 3 is 3.08 bits per heavy atom. The van der Waals surface area contributed by atoms with Crippen molar-refractivity contribution >= 4 is 11.3 Å². The summed E-state index contributed by atoms with van der Waals surface area (Å²) in [5.41, 5.74) is 6.46. The number of nitrogens with two attached hydrogens (primary N) is 1. The third kappa shape index (κ3) is 1.24. The molecule has 2 aromatic rings. The van der Waals surface area contributed by atoms with E-state index in [4.69, 9.17) is 5.73 Å². The molecule has 0 saturated carbocycles. The van der Waals surface area contributed by atoms with Gasteiger partial charge in [0.2, 0.25) is 5.13 Å². The van der Waals surface area contributed by atoms with E-state index in [1.165, 1.54) is 0 Å². The average molecular weight is 180 g/mol. The van der Waals surface area contributed by atoms with Crippen molar-refractivity contribution in [2.45, 2.75) is 6.54 Å². The van der Waals surface area contributed by atoms with Gasteiger partial charge in [0, 0.05) is 29.9 Å². The SMILES string of the molecule is NCc1cnn(-c2nccs2)c1. The van der Waals surface area contributed by atoms with Gasteiger partial charge in [-0.25, -0.2) is 9.67 Å². The highest BCUT2D eigenvalue weighted by atomic mass is 32.1. The van der Waals surface area contributed by atoms with Crippen LogP contribution in [0.15, 0.2) is 24.0 Å². The second-order valence-electron chi connectivity index (χ2n) is 2.31. The molecule has 12 heavy (non-hydrogen) atoms. The van der Waals surface area contributed by atoms with Crippen molar-refractivity contribution in [1.82, 2.24) is 14.8 Å². The molecule has 0 radical (unpaired) electrons. The summed E-state index contributed by atoms with van der Waals surface area (Å²) in [5.74, 6) is 0. The molecule has 0 aliphatic rings. The molecular formula is C7H8N4S. The molecule has 0 fully saturated rings. The topological polar surface area (TPSA) is 56.7 Å². The molecule has 0 unspecified atom stereocenters. The van der Waals surface area contributed by atoms with Crippen molar-refractivity contribution in [3.05, 3.63) is 29.5 Å². The monoisotopic (exact) mass is 180 g/mol. The standard InChI is InChI=1S/C7H8N4S/c8-3-6-4-10-11(5-6)7-9-1-2-12-7/h1-2,4-5H,3,8H2. The molecule has 0 spiro atoms. The van der Waals surface area contributed by atoms with E-state index in [1.54, 1.807) is 28.4 Å². The summed E-state index contributed by atoms with van der Waals surface area (Å²) in [5, 5.41) is 6.90. The molecule has 62 valence electrons. The van der Waals surface area contributed by atoms with Gasteiger partial charge in [0.25, 0.3) is 0 Å². The fourth-order valence-corrected chi connectivity index (χ4v) is 1.47. The molecule has 0 aliphatic heterocycles. The van der Waals surface area contributed by atoms with Crippen LogP contribution in [0.4, 0.5) is 0 Å². The van der Waals surface area contributed by atoms with E-state index in [9.17, 15) is 0 Å². The lowest BCUT2D eigenvalue weighted by Crippen LogP contribution is -1.94. The molecule has 0 bridgehead atoms. The van der Waals surface area contributed by atoms with Gasteiger partial charge in [0.1, 0.15) is 0 Å². The van der Waals surface area contributed by atoms with Crippen molar-refractivity contribution in [3.8, 4) is 5.13 Å². The van der Waals surface area contributed by atoms with Gasteiger partial charge in [-0.1, -0.05) is 0 Å². The van der Waals surface area contributed by atoms with Crippen LogP contribution in [0.3, 0.4) is 0 Å². The summed E-state index contributed by atoms with van der Waals surface area (Å²) < 4.78 is 1.73. The highest BCUT2D eigenvalue weighted by Gasteiger charge is 2.00. The highest BCUT2D eigenvalue weighted by molar-refractivity contribution is 7.12. The van der Waals surface area contributed by atoms with Gasteiger partial charge in [-0.3, -0.25) is 0 Å². The van der Waals surface area contributed by atoms with E-state index in [-0.39, 0.29) is 0 Å². The Hall–Kier alpha value is -1.20. The second-order valence-corrected chi connectivity index (χ2v) is 3.18. The normalized spacial score (nSPS) is 10.4. The minimum absolute atomic E-state index is 0.519. The van der Waals surface area contributed by atoms with E-state index < -0.39 is 0 Å². The van der Waals surface area contributed by atoms with Gasteiger partial charge < -0.3 is 5.73 Å². The predicted molar refractivity (Wildman–Crippen MR) is 47.1 cm³/mol. The van der Waals surface area contributed by atoms with Crippen LogP contribution in [-0.4, -0.2) is 14.8 Å². The lowest BCUT2D eigenvalue weighted by atomic mass is 10.4. The number of nitrogens with zero attached hydrogens (tertiary/aromatic N) is 3. The third-order valence-electron chi connectivity index (χ3n) is 1.49. The van der Waals surface area contributed by atoms with Gasteiger partial charge >= 0.3 is 0 Å². The number of aromatic nitrogens is 3. The van der Waals surface area contributed by atoms with E-state index >= 15 is 0 Å². The van der Waals surface area contributed by atoms with Gasteiger partial charge in [-0.05, 0) is 0 Å². The van der Waals surface area contributed by atoms with Crippen LogP contribution in [0.1, 0.15) is 5.56 Å². The Bertz CT molecular complexity index is 351. The van der Waals surface area contributed by atoms with Crippen LogP contribution in [0, 0.1) is 0 Å². The molecule has 2 rings (SSSR count). The maximum absolute atomic E-state index is 5.45. The number of rotatable bonds is 2. The Labute approximate surface area is 73.7 Å². The van der Waals surface area contributed by atoms with Gasteiger partial charge in [0.15, 0.2) is 0 Å². The highest BCUT2D eigenvalue weighted by Crippen LogP contribution is 2.10. The molecule has 0 aromatic carbocycles. The van der Waals surface area contributed by atoms with Crippen LogP contribution in [-0.2, 0) is 6.54 Å². The van der Waals surface area contributed by atoms with E-state index in [0.717, 1.165) is 10.7 Å². The van der Waals surface area contributed by atoms with Gasteiger partial charge in [-0.15, -0.1) is 11.3 Å². The van der Waals surface area contributed by atoms with Crippen LogP contribution < -0.4 is 5.73 Å². The van der Waals surface area contributed by atoms with Crippen molar-refractivity contribution < 1.29 is 0 Å². The lowest BCUT2D eigenvalue weighted by molar-refractivity contribution is 0.868. The Balaban J connectivity index is 2.35. The Morgan fingerprint density at radius 2 is 2.50 bits per heavy atom. The summed E-state index contributed by atoms with van der Waals surface area (Å²) in [6.45, 7) is 0.519. The fraction of sp³-hybridized carbons (Fsp3) is 0.143. The summed E-state index contributed by atoms with van der Waals surface area (Å²) in [6.07, 6.45) is 5.39. The molecule has 0 aliphatic carbocycles. The maximum atomic E-state index is 5.45. The zero-order chi connectivity index (χ0) is 8.39. The van der Waals surface area contributed by atoms with Gasteiger partial charge in [-0.2, -0.15) is 5.10 Å². The molecule has 0 amide bonds. The first-order valence-corrected chi connectivity index (χ1v) is 4.41. The second kappa shape index (κ2) is 3.04. The van der Waals surface area contributed by atoms with Gasteiger partial charge in [0.05, 0.1) is 6.20 Å². The molecule has 2 aromatic heterocycles. The van der Waals surface area contributed by atoms with Crippen LogP contribution >= 0.6 is 11.3 Å². The Kier molecular flexibility index (Phi) is 1.89. The zero-order valence-corrected chi connectivity index (χ0v) is 7.16. The molecule has 0 atom stereocenters. The van der Waals surface area contributed by atoms with Crippen LogP contribution in [0.2, 0.25) is 0 Å². The smallest absolute Gasteiger partial charge is 0.210 e. The molecule has 4 nitrogen and oxygen atoms in total. The third-order valence-corrected chi connectivity index (χ3v) is 2.25. The first kappa shape index (κ1) is 7.45. The molecule has 2 N–H and O–H groups in total. The average Bonchev–Trinajstić information content (AvgIpc) is 2.75.